The first-order valence-electron chi connectivity index (χ1n) is 11.7. The van der Waals surface area contributed by atoms with Gasteiger partial charge in [0.2, 0.25) is 0 Å². The first kappa shape index (κ1) is 28.9. The predicted octanol–water partition coefficient (Wildman–Crippen LogP) is 3.85. The molecule has 1 aromatic carbocycles. The lowest BCUT2D eigenvalue weighted by Gasteiger charge is -2.44. The van der Waals surface area contributed by atoms with Gasteiger partial charge in [0.15, 0.2) is 23.6 Å². The maximum absolute atomic E-state index is 13.9. The summed E-state index contributed by atoms with van der Waals surface area (Å²) in [5.74, 6) is -6.65. The van der Waals surface area contributed by atoms with Crippen molar-refractivity contribution in [3.63, 3.8) is 0 Å². The van der Waals surface area contributed by atoms with Gasteiger partial charge in [-0.1, -0.05) is 23.9 Å². The van der Waals surface area contributed by atoms with Crippen molar-refractivity contribution in [1.29, 1.82) is 0 Å². The van der Waals surface area contributed by atoms with Crippen LogP contribution in [0, 0.1) is 33.5 Å². The van der Waals surface area contributed by atoms with Gasteiger partial charge in [0.05, 0.1) is 12.2 Å². The topological polar surface area (TPSA) is 149 Å². The van der Waals surface area contributed by atoms with Crippen molar-refractivity contribution in [2.24, 2.45) is 5.92 Å². The average molecular weight is 582 g/mol. The molecule has 212 valence electrons. The van der Waals surface area contributed by atoms with Crippen molar-refractivity contribution in [2.75, 3.05) is 6.61 Å². The van der Waals surface area contributed by atoms with E-state index in [9.17, 15) is 32.9 Å². The molecule has 0 N–H and O–H groups in total. The summed E-state index contributed by atoms with van der Waals surface area (Å²) in [6.07, 6.45) is 0.550. The van der Waals surface area contributed by atoms with Crippen LogP contribution in [0.25, 0.3) is 11.3 Å². The van der Waals surface area contributed by atoms with E-state index in [4.69, 9.17) is 14.2 Å². The number of carbonyl (C=O) groups excluding carboxylic acids is 2. The fourth-order valence-electron chi connectivity index (χ4n) is 4.22. The summed E-state index contributed by atoms with van der Waals surface area (Å²) in [4.78, 5) is 38.3. The number of rotatable bonds is 8. The van der Waals surface area contributed by atoms with E-state index in [0.717, 1.165) is 23.9 Å². The monoisotopic (exact) mass is 581 g/mol. The molecule has 12 nitrogen and oxygen atoms in total. The summed E-state index contributed by atoms with van der Waals surface area (Å²) in [6.45, 7) is 3.81. The molecular formula is C24H22F3N5O7S. The van der Waals surface area contributed by atoms with Gasteiger partial charge < -0.3 is 24.3 Å². The highest BCUT2D eigenvalue weighted by Gasteiger charge is 2.48. The van der Waals surface area contributed by atoms with Gasteiger partial charge in [0, 0.05) is 36.3 Å². The highest BCUT2D eigenvalue weighted by Crippen LogP contribution is 2.43. The van der Waals surface area contributed by atoms with E-state index in [1.807, 2.05) is 0 Å². The molecule has 3 aromatic rings. The highest BCUT2D eigenvalue weighted by molar-refractivity contribution is 7.99. The van der Waals surface area contributed by atoms with Gasteiger partial charge >= 0.3 is 17.8 Å². The molecule has 1 saturated heterocycles. The minimum atomic E-state index is -1.63. The third-order valence-electron chi connectivity index (χ3n) is 5.98. The Kier molecular flexibility index (Phi) is 8.68. The maximum atomic E-state index is 13.9. The summed E-state index contributed by atoms with van der Waals surface area (Å²) in [5.41, 5.74) is -0.825. The Bertz CT molecular complexity index is 1420. The standard InChI is InChI=1S/C24H22F3N5O7S/c1-11-22(31-9-18(29-30-31)14-6-16(25)21(27)17(26)7-14)23(38-13(3)34)19(10-37-12(2)33)39-24(11)40-15-4-5-28-20(8-15)32(35)36/h4-9,11,19,22-24H,10H2,1-3H3/t11?,19?,22-,23+,24-/m1/s1. The molecule has 0 spiro atoms. The first-order chi connectivity index (χ1) is 18.9. The first-order valence-corrected chi connectivity index (χ1v) is 12.6. The van der Waals surface area contributed by atoms with E-state index in [-0.39, 0.29) is 23.7 Å². The van der Waals surface area contributed by atoms with E-state index in [1.54, 1.807) is 13.0 Å². The number of ether oxygens (including phenoxy) is 3. The molecule has 1 fully saturated rings. The van der Waals surface area contributed by atoms with Gasteiger partial charge in [0.25, 0.3) is 0 Å². The normalized spacial score (nSPS) is 22.5. The molecule has 1 aliphatic heterocycles. The number of hydrogen-bond donors (Lipinski definition) is 0. The summed E-state index contributed by atoms with van der Waals surface area (Å²) in [7, 11) is 0. The second-order valence-electron chi connectivity index (χ2n) is 8.83. The Labute approximate surface area is 229 Å². The predicted molar refractivity (Wildman–Crippen MR) is 131 cm³/mol. The molecule has 40 heavy (non-hydrogen) atoms. The molecule has 5 atom stereocenters. The Morgan fingerprint density at radius 3 is 2.50 bits per heavy atom. The molecule has 16 heteroatoms. The van der Waals surface area contributed by atoms with E-state index < -0.39 is 63.9 Å². The zero-order valence-corrected chi connectivity index (χ0v) is 22.0. The molecular weight excluding hydrogens is 559 g/mol. The second-order valence-corrected chi connectivity index (χ2v) is 10.0. The van der Waals surface area contributed by atoms with Crippen molar-refractivity contribution in [3.05, 3.63) is 64.2 Å². The van der Waals surface area contributed by atoms with E-state index in [2.05, 4.69) is 15.3 Å². The Hall–Kier alpha value is -4.05. The number of pyridine rings is 1. The SMILES string of the molecule is CC(=O)OCC1O[C@H](Sc2ccnc([N+](=O)[O-])c2)C(C)[C@@H](n2cc(-c3cc(F)c(F)c(F)c3)nn2)[C@H]1OC(C)=O. The minimum absolute atomic E-state index is 0.00330. The Morgan fingerprint density at radius 2 is 1.88 bits per heavy atom. The van der Waals surface area contributed by atoms with E-state index in [0.29, 0.717) is 4.90 Å². The van der Waals surface area contributed by atoms with Crippen LogP contribution in [0.1, 0.15) is 26.8 Å². The van der Waals surface area contributed by atoms with Crippen molar-refractivity contribution in [1.82, 2.24) is 20.0 Å². The molecule has 4 rings (SSSR count). The van der Waals surface area contributed by atoms with Gasteiger partial charge in [-0.05, 0) is 28.1 Å². The molecule has 0 bridgehead atoms. The van der Waals surface area contributed by atoms with Crippen molar-refractivity contribution < 1.29 is 41.9 Å². The summed E-state index contributed by atoms with van der Waals surface area (Å²) < 4.78 is 59.4. The van der Waals surface area contributed by atoms with Crippen LogP contribution < -0.4 is 0 Å². The molecule has 0 aliphatic carbocycles. The zero-order chi connectivity index (χ0) is 29.1. The number of nitro groups is 1. The number of benzene rings is 1. The number of carbonyl (C=O) groups is 2. The summed E-state index contributed by atoms with van der Waals surface area (Å²) in [6, 6.07) is 3.53. The summed E-state index contributed by atoms with van der Waals surface area (Å²) >= 11 is 1.12. The van der Waals surface area contributed by atoms with Crippen LogP contribution in [0.15, 0.2) is 41.6 Å². The van der Waals surface area contributed by atoms with E-state index in [1.165, 1.54) is 37.0 Å². The number of hydrogen-bond acceptors (Lipinski definition) is 11. The lowest BCUT2D eigenvalue weighted by Crippen LogP contribution is -2.53. The molecule has 2 unspecified atom stereocenters. The van der Waals surface area contributed by atoms with Crippen molar-refractivity contribution >= 4 is 29.5 Å². The lowest BCUT2D eigenvalue weighted by molar-refractivity contribution is -0.389. The van der Waals surface area contributed by atoms with Gasteiger partial charge in [0.1, 0.15) is 30.0 Å². The number of esters is 2. The van der Waals surface area contributed by atoms with Gasteiger partial charge in [-0.25, -0.2) is 17.9 Å². The Balaban J connectivity index is 1.73. The van der Waals surface area contributed by atoms with Crippen molar-refractivity contribution in [3.8, 4) is 11.3 Å². The number of nitrogens with zero attached hydrogens (tertiary/aromatic N) is 5. The fraction of sp³-hybridized carbons (Fsp3) is 0.375. The second kappa shape index (κ2) is 12.0. The third kappa shape index (κ3) is 6.39. The summed E-state index contributed by atoms with van der Waals surface area (Å²) in [5, 5.41) is 19.2. The largest absolute Gasteiger partial charge is 0.463 e. The van der Waals surface area contributed by atoms with Crippen molar-refractivity contribution in [2.45, 2.75) is 49.4 Å². The number of aromatic nitrogens is 4. The maximum Gasteiger partial charge on any atom is 0.364 e. The van der Waals surface area contributed by atoms with Crippen LogP contribution in [0.4, 0.5) is 19.0 Å². The molecule has 0 amide bonds. The quantitative estimate of drug-likeness (QED) is 0.165. The molecule has 1 aliphatic rings. The smallest absolute Gasteiger partial charge is 0.364 e. The van der Waals surface area contributed by atoms with Crippen LogP contribution >= 0.6 is 11.8 Å². The molecule has 0 saturated carbocycles. The molecule has 3 heterocycles. The lowest BCUT2D eigenvalue weighted by atomic mass is 9.90. The molecule has 0 radical (unpaired) electrons. The van der Waals surface area contributed by atoms with Crippen LogP contribution in [-0.4, -0.2) is 61.1 Å². The molecule has 2 aromatic heterocycles. The highest BCUT2D eigenvalue weighted by atomic mass is 32.2. The fourth-order valence-corrected chi connectivity index (χ4v) is 5.37. The minimum Gasteiger partial charge on any atom is -0.463 e. The zero-order valence-electron chi connectivity index (χ0n) is 21.2. The van der Waals surface area contributed by atoms with Gasteiger partial charge in [-0.15, -0.1) is 5.10 Å². The Morgan fingerprint density at radius 1 is 1.18 bits per heavy atom. The van der Waals surface area contributed by atoms with Crippen LogP contribution in [0.2, 0.25) is 0 Å². The average Bonchev–Trinajstić information content (AvgIpc) is 3.37. The van der Waals surface area contributed by atoms with Gasteiger partial charge in [-0.2, -0.15) is 0 Å². The third-order valence-corrected chi connectivity index (χ3v) is 7.28. The van der Waals surface area contributed by atoms with Gasteiger partial charge in [-0.3, -0.25) is 9.59 Å². The number of thioether (sulfide) groups is 1. The van der Waals surface area contributed by atoms with Crippen LogP contribution in [-0.2, 0) is 23.8 Å². The number of halogens is 3. The van der Waals surface area contributed by atoms with Crippen LogP contribution in [0.3, 0.4) is 0 Å². The van der Waals surface area contributed by atoms with Crippen LogP contribution in [0.5, 0.6) is 0 Å². The van der Waals surface area contributed by atoms with E-state index >= 15 is 0 Å².